The minimum Gasteiger partial charge on any atom is -0.380 e. The Morgan fingerprint density at radius 3 is 2.20 bits per heavy atom. The standard InChI is InChI=1S/C18H24OS/c1-18(2,3)16-8-9-17(20-12-10-19-11-13-20)15-7-5-4-6-14(15)16/h4-9,20H,10-13H2,1-3H3. The molecule has 0 spiro atoms. The first-order chi connectivity index (χ1) is 9.57. The number of benzene rings is 2. The van der Waals surface area contributed by atoms with Gasteiger partial charge in [-0.25, -0.2) is 10.9 Å². The lowest BCUT2D eigenvalue weighted by molar-refractivity contribution is 0.160. The molecule has 1 heterocycles. The van der Waals surface area contributed by atoms with E-state index in [2.05, 4.69) is 57.2 Å². The first-order valence-electron chi connectivity index (χ1n) is 7.42. The fourth-order valence-corrected chi connectivity index (χ4v) is 5.24. The highest BCUT2D eigenvalue weighted by Gasteiger charge is 2.20. The Bertz CT molecular complexity index is 606. The number of fused-ring (bicyclic) bond motifs is 1. The van der Waals surface area contributed by atoms with Crippen LogP contribution >= 0.6 is 10.9 Å². The van der Waals surface area contributed by atoms with Gasteiger partial charge < -0.3 is 4.74 Å². The molecular weight excluding hydrogens is 264 g/mol. The van der Waals surface area contributed by atoms with Crippen molar-refractivity contribution < 1.29 is 4.74 Å². The van der Waals surface area contributed by atoms with E-state index < -0.39 is 0 Å². The van der Waals surface area contributed by atoms with E-state index in [0.29, 0.717) is 0 Å². The van der Waals surface area contributed by atoms with Gasteiger partial charge in [-0.15, -0.1) is 0 Å². The largest absolute Gasteiger partial charge is 0.380 e. The van der Waals surface area contributed by atoms with Gasteiger partial charge in [-0.2, -0.15) is 0 Å². The first kappa shape index (κ1) is 14.0. The molecule has 0 atom stereocenters. The first-order valence-corrected chi connectivity index (χ1v) is 9.13. The van der Waals surface area contributed by atoms with E-state index in [1.54, 1.807) is 4.90 Å². The second-order valence-corrected chi connectivity index (χ2v) is 8.98. The van der Waals surface area contributed by atoms with Crippen LogP contribution in [-0.2, 0) is 10.2 Å². The lowest BCUT2D eigenvalue weighted by Crippen LogP contribution is -2.16. The molecule has 0 radical (unpaired) electrons. The van der Waals surface area contributed by atoms with Crippen LogP contribution in [0.2, 0.25) is 0 Å². The lowest BCUT2D eigenvalue weighted by Gasteiger charge is -2.29. The molecule has 3 rings (SSSR count). The van der Waals surface area contributed by atoms with Crippen LogP contribution in [0.1, 0.15) is 26.3 Å². The number of thiol groups is 1. The molecule has 1 saturated heterocycles. The molecule has 1 nitrogen and oxygen atoms in total. The van der Waals surface area contributed by atoms with Crippen molar-refractivity contribution in [3.63, 3.8) is 0 Å². The fourth-order valence-electron chi connectivity index (χ4n) is 3.02. The maximum Gasteiger partial charge on any atom is 0.0543 e. The number of rotatable bonds is 1. The van der Waals surface area contributed by atoms with E-state index in [0.717, 1.165) is 13.2 Å². The molecule has 0 N–H and O–H groups in total. The zero-order valence-corrected chi connectivity index (χ0v) is 13.5. The van der Waals surface area contributed by atoms with Gasteiger partial charge in [0.2, 0.25) is 0 Å². The zero-order chi connectivity index (χ0) is 14.2. The Labute approximate surface area is 124 Å². The monoisotopic (exact) mass is 288 g/mol. The van der Waals surface area contributed by atoms with E-state index in [1.165, 1.54) is 27.8 Å². The Kier molecular flexibility index (Phi) is 3.78. The molecule has 20 heavy (non-hydrogen) atoms. The van der Waals surface area contributed by atoms with Crippen LogP contribution in [-0.4, -0.2) is 24.7 Å². The topological polar surface area (TPSA) is 9.23 Å². The average Bonchev–Trinajstić information content (AvgIpc) is 2.46. The molecule has 0 aliphatic carbocycles. The second-order valence-electron chi connectivity index (χ2n) is 6.53. The SMILES string of the molecule is CC(C)(C)c1ccc([SH]2CCOCC2)c2ccccc12. The van der Waals surface area contributed by atoms with Crippen LogP contribution < -0.4 is 0 Å². The molecule has 0 amide bonds. The highest BCUT2D eigenvalue weighted by atomic mass is 32.2. The summed E-state index contributed by atoms with van der Waals surface area (Å²) in [4.78, 5) is 1.58. The van der Waals surface area contributed by atoms with Crippen molar-refractivity contribution in [3.05, 3.63) is 42.0 Å². The van der Waals surface area contributed by atoms with Crippen molar-refractivity contribution in [2.45, 2.75) is 31.1 Å². The molecule has 2 aromatic carbocycles. The maximum absolute atomic E-state index is 5.53. The van der Waals surface area contributed by atoms with Gasteiger partial charge in [0.15, 0.2) is 0 Å². The summed E-state index contributed by atoms with van der Waals surface area (Å²) in [6.07, 6.45) is 0. The van der Waals surface area contributed by atoms with Crippen LogP contribution in [0.15, 0.2) is 41.3 Å². The third kappa shape index (κ3) is 2.59. The summed E-state index contributed by atoms with van der Waals surface area (Å²) >= 11 is 0. The number of ether oxygens (including phenoxy) is 1. The molecular formula is C18H24OS. The van der Waals surface area contributed by atoms with Gasteiger partial charge in [-0.05, 0) is 32.7 Å². The van der Waals surface area contributed by atoms with Gasteiger partial charge in [0.25, 0.3) is 0 Å². The summed E-state index contributed by atoms with van der Waals surface area (Å²) in [5.41, 5.74) is 1.65. The summed E-state index contributed by atoms with van der Waals surface area (Å²) in [5, 5.41) is 2.90. The van der Waals surface area contributed by atoms with Crippen molar-refractivity contribution in [2.24, 2.45) is 0 Å². The van der Waals surface area contributed by atoms with Gasteiger partial charge in [-0.1, -0.05) is 51.1 Å². The molecule has 0 unspecified atom stereocenters. The summed E-state index contributed by atoms with van der Waals surface area (Å²) < 4.78 is 5.53. The summed E-state index contributed by atoms with van der Waals surface area (Å²) in [6.45, 7) is 8.76. The third-order valence-corrected chi connectivity index (χ3v) is 6.58. The summed E-state index contributed by atoms with van der Waals surface area (Å²) in [5.74, 6) is 2.43. The molecule has 0 saturated carbocycles. The van der Waals surface area contributed by atoms with Crippen molar-refractivity contribution in [1.82, 2.24) is 0 Å². The highest BCUT2D eigenvalue weighted by molar-refractivity contribution is 8.17. The van der Waals surface area contributed by atoms with E-state index in [-0.39, 0.29) is 16.3 Å². The molecule has 108 valence electrons. The van der Waals surface area contributed by atoms with Crippen molar-refractivity contribution in [1.29, 1.82) is 0 Å². The van der Waals surface area contributed by atoms with Crippen LogP contribution in [0.3, 0.4) is 0 Å². The minimum absolute atomic E-state index is 0.0399. The maximum atomic E-state index is 5.53. The number of hydrogen-bond donors (Lipinski definition) is 1. The smallest absolute Gasteiger partial charge is 0.0543 e. The Hall–Kier alpha value is -0.990. The average molecular weight is 288 g/mol. The quantitative estimate of drug-likeness (QED) is 0.759. The Morgan fingerprint density at radius 2 is 1.55 bits per heavy atom. The molecule has 1 aliphatic rings. The zero-order valence-electron chi connectivity index (χ0n) is 12.6. The molecule has 0 bridgehead atoms. The summed E-state index contributed by atoms with van der Waals surface area (Å²) in [6, 6.07) is 13.7. The molecule has 1 aliphatic heterocycles. The minimum atomic E-state index is -0.0399. The molecule has 0 aromatic heterocycles. The van der Waals surface area contributed by atoms with Gasteiger partial charge in [0, 0.05) is 11.5 Å². The third-order valence-electron chi connectivity index (χ3n) is 4.06. The Morgan fingerprint density at radius 1 is 0.900 bits per heavy atom. The molecule has 1 fully saturated rings. The predicted octanol–water partition coefficient (Wildman–Crippen LogP) is 4.53. The van der Waals surface area contributed by atoms with Crippen LogP contribution in [0.25, 0.3) is 10.8 Å². The van der Waals surface area contributed by atoms with Gasteiger partial charge in [0.05, 0.1) is 13.2 Å². The normalized spacial score (nSPS) is 18.4. The Balaban J connectivity index is 2.16. The van der Waals surface area contributed by atoms with Crippen LogP contribution in [0, 0.1) is 0 Å². The van der Waals surface area contributed by atoms with Crippen LogP contribution in [0.5, 0.6) is 0 Å². The van der Waals surface area contributed by atoms with E-state index in [1.807, 2.05) is 0 Å². The van der Waals surface area contributed by atoms with E-state index in [4.69, 9.17) is 4.74 Å². The second kappa shape index (κ2) is 5.42. The summed E-state index contributed by atoms with van der Waals surface area (Å²) in [7, 11) is -0.0399. The van der Waals surface area contributed by atoms with Crippen molar-refractivity contribution in [3.8, 4) is 0 Å². The van der Waals surface area contributed by atoms with Crippen LogP contribution in [0.4, 0.5) is 0 Å². The van der Waals surface area contributed by atoms with Gasteiger partial charge in [0.1, 0.15) is 0 Å². The van der Waals surface area contributed by atoms with Crippen molar-refractivity contribution in [2.75, 3.05) is 24.7 Å². The van der Waals surface area contributed by atoms with Gasteiger partial charge in [-0.3, -0.25) is 0 Å². The fraction of sp³-hybridized carbons (Fsp3) is 0.444. The van der Waals surface area contributed by atoms with E-state index in [9.17, 15) is 0 Å². The number of hydrogen-bond acceptors (Lipinski definition) is 1. The molecule has 2 aromatic rings. The van der Waals surface area contributed by atoms with Crippen molar-refractivity contribution >= 4 is 21.7 Å². The highest BCUT2D eigenvalue weighted by Crippen LogP contribution is 2.44. The van der Waals surface area contributed by atoms with Gasteiger partial charge >= 0.3 is 0 Å². The predicted molar refractivity (Wildman–Crippen MR) is 90.5 cm³/mol. The molecule has 2 heteroatoms. The van der Waals surface area contributed by atoms with E-state index >= 15 is 0 Å². The lowest BCUT2D eigenvalue weighted by atomic mass is 9.84.